The number of benzene rings is 4. The van der Waals surface area contributed by atoms with E-state index in [4.69, 9.17) is 0 Å². The maximum absolute atomic E-state index is 2.69. The summed E-state index contributed by atoms with van der Waals surface area (Å²) >= 11 is -0.999. The first-order valence-corrected chi connectivity index (χ1v) is 18.0. The van der Waals surface area contributed by atoms with Crippen molar-refractivity contribution in [3.05, 3.63) is 121 Å². The van der Waals surface area contributed by atoms with Crippen molar-refractivity contribution >= 4 is 16.3 Å². The smallest absolute Gasteiger partial charge is 1.00 e. The molecule has 0 saturated heterocycles. The van der Waals surface area contributed by atoms with Gasteiger partial charge in [0.05, 0.1) is 0 Å². The van der Waals surface area contributed by atoms with Crippen LogP contribution in [0.3, 0.4) is 0 Å². The standard InChI is InChI=1S/C29H33.C11H9.2ClH.Zr/c1-14-13-24-25(18(5)15(14)2)21(8)28-27-20(7)17(4)16(3)19(6)26(27)22-11-9-10-12-23(22)29(24)28;1-2-6-10(7-3-1)11-8-4-5-9-11;;;/h9-13,16-17,19,21H,1-8H3;1-3,6-9H,4H2;2*1H;/q;;;;+2/p-2. The summed E-state index contributed by atoms with van der Waals surface area (Å²) in [5, 5.41) is 2.99. The molecule has 7 rings (SSSR count). The van der Waals surface area contributed by atoms with Crippen LogP contribution in [-0.4, -0.2) is 0 Å². The number of rotatable bonds is 3. The van der Waals surface area contributed by atoms with Gasteiger partial charge in [0.1, 0.15) is 0 Å². The van der Waals surface area contributed by atoms with E-state index < -0.39 is 23.2 Å². The first-order valence-electron chi connectivity index (χ1n) is 15.6. The van der Waals surface area contributed by atoms with Crippen molar-refractivity contribution in [2.24, 2.45) is 11.8 Å². The molecule has 5 unspecified atom stereocenters. The summed E-state index contributed by atoms with van der Waals surface area (Å²) < 4.78 is 1.99. The quantitative estimate of drug-likeness (QED) is 0.287. The van der Waals surface area contributed by atoms with Gasteiger partial charge in [0.25, 0.3) is 0 Å². The van der Waals surface area contributed by atoms with Gasteiger partial charge >= 0.3 is 260 Å². The van der Waals surface area contributed by atoms with E-state index in [1.54, 1.807) is 31.1 Å². The molecule has 5 atom stereocenters. The number of hydrogen-bond donors (Lipinski definition) is 0. The van der Waals surface area contributed by atoms with Gasteiger partial charge in [-0.25, -0.2) is 0 Å². The third-order valence-corrected chi connectivity index (χ3v) is 16.2. The van der Waals surface area contributed by atoms with Crippen molar-refractivity contribution in [1.82, 2.24) is 0 Å². The van der Waals surface area contributed by atoms with Gasteiger partial charge in [-0.05, 0) is 0 Å². The molecular weight excluding hydrogens is 643 g/mol. The predicted octanol–water partition coefficient (Wildman–Crippen LogP) is 4.96. The van der Waals surface area contributed by atoms with Crippen molar-refractivity contribution in [2.45, 2.75) is 76.8 Å². The van der Waals surface area contributed by atoms with Gasteiger partial charge in [0.15, 0.2) is 0 Å². The van der Waals surface area contributed by atoms with E-state index >= 15 is 0 Å². The Morgan fingerprint density at radius 2 is 1.42 bits per heavy atom. The summed E-state index contributed by atoms with van der Waals surface area (Å²) in [6, 6.07) is 22.9. The van der Waals surface area contributed by atoms with Crippen molar-refractivity contribution in [1.29, 1.82) is 0 Å². The van der Waals surface area contributed by atoms with E-state index in [2.05, 4.69) is 128 Å². The monoisotopic (exact) mass is 682 g/mol. The Kier molecular flexibility index (Phi) is 8.90. The number of fused-ring (bicyclic) bond motifs is 8. The van der Waals surface area contributed by atoms with E-state index in [1.807, 2.05) is 0 Å². The summed E-state index contributed by atoms with van der Waals surface area (Å²) in [4.78, 5) is 0. The Bertz CT molecular complexity index is 1800. The molecule has 4 aromatic carbocycles. The van der Waals surface area contributed by atoms with Gasteiger partial charge in [-0.15, -0.1) is 0 Å². The average molecular weight is 685 g/mol. The van der Waals surface area contributed by atoms with Crippen molar-refractivity contribution in [2.75, 3.05) is 0 Å². The van der Waals surface area contributed by atoms with E-state index in [9.17, 15) is 0 Å². The van der Waals surface area contributed by atoms with Crippen LogP contribution in [0.4, 0.5) is 0 Å². The molecule has 0 spiro atoms. The van der Waals surface area contributed by atoms with E-state index in [0.717, 1.165) is 6.42 Å². The third kappa shape index (κ3) is 4.71. The molecule has 0 radical (unpaired) electrons. The summed E-state index contributed by atoms with van der Waals surface area (Å²) in [5.74, 6) is 2.30. The second-order valence-electron chi connectivity index (χ2n) is 13.4. The van der Waals surface area contributed by atoms with E-state index in [0.29, 0.717) is 23.7 Å². The fourth-order valence-electron chi connectivity index (χ4n) is 8.66. The Morgan fingerprint density at radius 3 is 2.12 bits per heavy atom. The summed E-state index contributed by atoms with van der Waals surface area (Å²) in [6.07, 6.45) is 6.21. The van der Waals surface area contributed by atoms with Crippen LogP contribution < -0.4 is 24.8 Å². The fourth-order valence-corrected chi connectivity index (χ4v) is 13.5. The zero-order chi connectivity index (χ0) is 28.8. The van der Waals surface area contributed by atoms with Crippen molar-refractivity contribution < 1.29 is 48.0 Å². The third-order valence-electron chi connectivity index (χ3n) is 11.5. The van der Waals surface area contributed by atoms with E-state index in [1.165, 1.54) is 44.2 Å². The first kappa shape index (κ1) is 32.5. The summed E-state index contributed by atoms with van der Waals surface area (Å²) in [7, 11) is 0. The molecule has 4 aromatic rings. The van der Waals surface area contributed by atoms with E-state index in [-0.39, 0.29) is 27.9 Å². The molecule has 3 aliphatic rings. The Hall–Kier alpha value is -1.92. The molecule has 3 heteroatoms. The molecule has 0 fully saturated rings. The molecule has 0 N–H and O–H groups in total. The molecule has 43 heavy (non-hydrogen) atoms. The Morgan fingerprint density at radius 1 is 0.767 bits per heavy atom. The van der Waals surface area contributed by atoms with Crippen molar-refractivity contribution in [3.8, 4) is 11.1 Å². The molecule has 0 amide bonds. The Labute approximate surface area is 282 Å². The van der Waals surface area contributed by atoms with Crippen LogP contribution in [0.2, 0.25) is 0 Å². The van der Waals surface area contributed by atoms with Gasteiger partial charge < -0.3 is 24.8 Å². The molecular formula is C40H42Cl2Zr. The van der Waals surface area contributed by atoms with Gasteiger partial charge in [-0.3, -0.25) is 0 Å². The van der Waals surface area contributed by atoms with Gasteiger partial charge in [0.2, 0.25) is 0 Å². The number of aryl methyl sites for hydroxylation is 1. The van der Waals surface area contributed by atoms with Crippen molar-refractivity contribution in [3.63, 3.8) is 0 Å². The maximum Gasteiger partial charge on any atom is -1.00 e. The molecule has 0 saturated carbocycles. The summed E-state index contributed by atoms with van der Waals surface area (Å²) in [6.45, 7) is 19.9. The number of hydrogen-bond acceptors (Lipinski definition) is 0. The maximum atomic E-state index is 2.69. The molecule has 0 aromatic heterocycles. The SMILES string of the molecule is Cc1cc2c(c(C)c1C)C(C)c1c3c(c4ccccc4c1-2)C(C)C(C)C(C)[C]3(C)[Zr+2][C]1=CC(c2ccccc2)=CC1.[Cl-].[Cl-]. The minimum atomic E-state index is -0.999. The number of allylic oxidation sites excluding steroid dienone is 4. The second kappa shape index (κ2) is 11.8. The summed E-state index contributed by atoms with van der Waals surface area (Å²) in [5.41, 5.74) is 16.9. The molecule has 0 bridgehead atoms. The van der Waals surface area contributed by atoms with Crippen LogP contribution >= 0.6 is 0 Å². The normalized spacial score (nSPS) is 25.0. The van der Waals surface area contributed by atoms with Gasteiger partial charge in [-0.1, -0.05) is 0 Å². The van der Waals surface area contributed by atoms with Crippen LogP contribution in [0.5, 0.6) is 0 Å². The minimum Gasteiger partial charge on any atom is -1.00 e. The molecule has 0 heterocycles. The zero-order valence-electron chi connectivity index (χ0n) is 26.7. The zero-order valence-corrected chi connectivity index (χ0v) is 30.7. The largest absolute Gasteiger partial charge is 1.00 e. The average Bonchev–Trinajstić information content (AvgIpc) is 3.56. The van der Waals surface area contributed by atoms with Gasteiger partial charge in [0, 0.05) is 0 Å². The molecule has 0 aliphatic heterocycles. The molecule has 220 valence electrons. The Balaban J connectivity index is 0.00000184. The number of halogens is 2. The van der Waals surface area contributed by atoms with Crippen LogP contribution in [0.15, 0.2) is 76.1 Å². The van der Waals surface area contributed by atoms with Crippen LogP contribution in [0.1, 0.15) is 97.4 Å². The predicted molar refractivity (Wildman–Crippen MR) is 172 cm³/mol. The van der Waals surface area contributed by atoms with Crippen LogP contribution in [0, 0.1) is 32.6 Å². The van der Waals surface area contributed by atoms with Gasteiger partial charge in [-0.2, -0.15) is 0 Å². The molecule has 0 nitrogen and oxygen atoms in total. The van der Waals surface area contributed by atoms with Crippen LogP contribution in [-0.2, 0) is 26.4 Å². The minimum absolute atomic E-state index is 0. The molecule has 3 aliphatic carbocycles. The fraction of sp³-hybridized carbons (Fsp3) is 0.350. The second-order valence-corrected chi connectivity index (χ2v) is 18.2. The first-order chi connectivity index (χ1) is 19.6. The van der Waals surface area contributed by atoms with Crippen LogP contribution in [0.25, 0.3) is 27.5 Å². The topological polar surface area (TPSA) is 0 Å².